The maximum Gasteiger partial charge on any atom is 0.155 e. The third-order valence-corrected chi connectivity index (χ3v) is 8.21. The van der Waals surface area contributed by atoms with Crippen molar-refractivity contribution in [1.82, 2.24) is 9.47 Å². The zero-order valence-corrected chi connectivity index (χ0v) is 22.1. The van der Waals surface area contributed by atoms with Crippen LogP contribution in [-0.2, 0) is 16.4 Å². The van der Waals surface area contributed by atoms with Crippen LogP contribution in [0.2, 0.25) is 5.02 Å². The molecule has 186 valence electrons. The number of benzene rings is 2. The van der Waals surface area contributed by atoms with Gasteiger partial charge >= 0.3 is 0 Å². The van der Waals surface area contributed by atoms with Gasteiger partial charge in [0.15, 0.2) is 5.75 Å². The van der Waals surface area contributed by atoms with Gasteiger partial charge in [-0.05, 0) is 73.7 Å². The van der Waals surface area contributed by atoms with Gasteiger partial charge in [-0.1, -0.05) is 31.5 Å². The number of aromatic nitrogens is 1. The topological polar surface area (TPSA) is 75.3 Å². The largest absolute Gasteiger partial charge is 0.491 e. The summed E-state index contributed by atoms with van der Waals surface area (Å²) < 4.78 is 31.3. The molecule has 0 unspecified atom stereocenters. The smallest absolute Gasteiger partial charge is 0.155 e. The highest BCUT2D eigenvalue weighted by atomic mass is 35.5. The zero-order chi connectivity index (χ0) is 25.2. The van der Waals surface area contributed by atoms with Gasteiger partial charge in [0.2, 0.25) is 0 Å². The second-order valence-electron chi connectivity index (χ2n) is 10.0. The SMILES string of the molecule is CCCOc1c(Cl)cc(-n2ccc3cc(CN4CCC(C)(CS(C)(=O)=O)CC4)ccc32)cc1C#N. The van der Waals surface area contributed by atoms with Crippen molar-refractivity contribution in [2.45, 2.75) is 39.7 Å². The van der Waals surface area contributed by atoms with Crippen LogP contribution in [0.25, 0.3) is 16.6 Å². The van der Waals surface area contributed by atoms with E-state index >= 15 is 0 Å². The summed E-state index contributed by atoms with van der Waals surface area (Å²) in [6.45, 7) is 7.24. The van der Waals surface area contributed by atoms with E-state index in [0.717, 1.165) is 55.5 Å². The zero-order valence-electron chi connectivity index (χ0n) is 20.6. The minimum atomic E-state index is -2.97. The predicted molar refractivity (Wildman–Crippen MR) is 141 cm³/mol. The van der Waals surface area contributed by atoms with Crippen molar-refractivity contribution in [3.8, 4) is 17.5 Å². The molecule has 0 atom stereocenters. The third kappa shape index (κ3) is 6.00. The van der Waals surface area contributed by atoms with Crippen molar-refractivity contribution in [2.24, 2.45) is 5.41 Å². The summed E-state index contributed by atoms with van der Waals surface area (Å²) in [4.78, 5) is 2.40. The fourth-order valence-corrected chi connectivity index (χ4v) is 6.78. The molecular weight excluding hydrogens is 482 g/mol. The Hall–Kier alpha value is -2.53. The van der Waals surface area contributed by atoms with Crippen molar-refractivity contribution in [3.63, 3.8) is 0 Å². The van der Waals surface area contributed by atoms with Gasteiger partial charge < -0.3 is 9.30 Å². The van der Waals surface area contributed by atoms with Crippen LogP contribution in [0, 0.1) is 16.7 Å². The Kier molecular flexibility index (Phi) is 7.46. The molecule has 3 aromatic rings. The second kappa shape index (κ2) is 10.2. The molecule has 0 aliphatic carbocycles. The first-order valence-electron chi connectivity index (χ1n) is 12.0. The Balaban J connectivity index is 1.51. The van der Waals surface area contributed by atoms with Gasteiger partial charge in [-0.25, -0.2) is 8.42 Å². The van der Waals surface area contributed by atoms with E-state index in [4.69, 9.17) is 16.3 Å². The highest BCUT2D eigenvalue weighted by Crippen LogP contribution is 2.35. The molecule has 1 aromatic heterocycles. The molecule has 1 fully saturated rings. The first-order valence-corrected chi connectivity index (χ1v) is 14.4. The lowest BCUT2D eigenvalue weighted by Gasteiger charge is -2.39. The van der Waals surface area contributed by atoms with Crippen LogP contribution in [0.1, 0.15) is 44.2 Å². The number of likely N-dealkylation sites (tertiary alicyclic amines) is 1. The van der Waals surface area contributed by atoms with Gasteiger partial charge in [-0.15, -0.1) is 0 Å². The fraction of sp³-hybridized carbons (Fsp3) is 0.444. The second-order valence-corrected chi connectivity index (χ2v) is 12.5. The van der Waals surface area contributed by atoms with Crippen molar-refractivity contribution in [1.29, 1.82) is 5.26 Å². The molecule has 35 heavy (non-hydrogen) atoms. The fourth-order valence-electron chi connectivity index (χ4n) is 4.95. The first kappa shape index (κ1) is 25.6. The molecule has 4 rings (SSSR count). The molecule has 8 heteroatoms. The Morgan fingerprint density at radius 2 is 1.91 bits per heavy atom. The molecule has 2 heterocycles. The van der Waals surface area contributed by atoms with Crippen LogP contribution >= 0.6 is 11.6 Å². The normalized spacial score (nSPS) is 16.3. The summed E-state index contributed by atoms with van der Waals surface area (Å²) in [5, 5.41) is 11.2. The Bertz CT molecular complexity index is 1370. The number of ether oxygens (including phenoxy) is 1. The minimum Gasteiger partial charge on any atom is -0.491 e. The molecule has 0 amide bonds. The molecule has 2 aromatic carbocycles. The van der Waals surface area contributed by atoms with Gasteiger partial charge in [0.25, 0.3) is 0 Å². The number of fused-ring (bicyclic) bond motifs is 1. The molecule has 1 aliphatic rings. The van der Waals surface area contributed by atoms with Crippen LogP contribution in [0.4, 0.5) is 0 Å². The number of nitriles is 1. The highest BCUT2D eigenvalue weighted by molar-refractivity contribution is 7.90. The Morgan fingerprint density at radius 1 is 1.17 bits per heavy atom. The minimum absolute atomic E-state index is 0.133. The van der Waals surface area contributed by atoms with Gasteiger partial charge in [-0.2, -0.15) is 5.26 Å². The molecule has 0 radical (unpaired) electrons. The molecule has 0 saturated carbocycles. The van der Waals surface area contributed by atoms with Crippen molar-refractivity contribution < 1.29 is 13.2 Å². The number of hydrogen-bond acceptors (Lipinski definition) is 5. The van der Waals surface area contributed by atoms with Crippen LogP contribution in [0.5, 0.6) is 5.75 Å². The summed E-state index contributed by atoms with van der Waals surface area (Å²) in [5.74, 6) is 0.698. The van der Waals surface area contributed by atoms with Crippen molar-refractivity contribution in [3.05, 3.63) is 58.7 Å². The van der Waals surface area contributed by atoms with Gasteiger partial charge in [0.05, 0.1) is 28.5 Å². The summed E-state index contributed by atoms with van der Waals surface area (Å²) in [7, 11) is -2.97. The number of sulfone groups is 1. The van der Waals surface area contributed by atoms with Gasteiger partial charge in [-0.3, -0.25) is 4.90 Å². The predicted octanol–water partition coefficient (Wildman–Crippen LogP) is 5.59. The third-order valence-electron chi connectivity index (χ3n) is 6.71. The summed E-state index contributed by atoms with van der Waals surface area (Å²) in [6.07, 6.45) is 5.93. The monoisotopic (exact) mass is 513 g/mol. The number of rotatable bonds is 8. The average molecular weight is 514 g/mol. The molecular formula is C27H32ClN3O3S. The van der Waals surface area contributed by atoms with Gasteiger partial charge in [0, 0.05) is 30.1 Å². The Labute approximate surface area is 213 Å². The van der Waals surface area contributed by atoms with Crippen LogP contribution in [0.15, 0.2) is 42.6 Å². The Morgan fingerprint density at radius 3 is 2.57 bits per heavy atom. The van der Waals surface area contributed by atoms with E-state index in [2.05, 4.69) is 42.2 Å². The molecule has 0 bridgehead atoms. The average Bonchev–Trinajstić information content (AvgIpc) is 3.21. The van der Waals surface area contributed by atoms with E-state index in [0.29, 0.717) is 22.9 Å². The van der Waals surface area contributed by atoms with E-state index in [9.17, 15) is 13.7 Å². The van der Waals surface area contributed by atoms with E-state index in [1.165, 1.54) is 11.8 Å². The maximum atomic E-state index is 11.8. The van der Waals surface area contributed by atoms with Gasteiger partial charge in [0.1, 0.15) is 15.9 Å². The lowest BCUT2D eigenvalue weighted by molar-refractivity contribution is 0.129. The molecule has 1 aliphatic heterocycles. The maximum absolute atomic E-state index is 11.8. The lowest BCUT2D eigenvalue weighted by Crippen LogP contribution is -2.41. The number of nitrogens with zero attached hydrogens (tertiary/aromatic N) is 3. The van der Waals surface area contributed by atoms with Crippen LogP contribution in [0.3, 0.4) is 0 Å². The highest BCUT2D eigenvalue weighted by Gasteiger charge is 2.33. The lowest BCUT2D eigenvalue weighted by atomic mass is 9.82. The standard InChI is InChI=1S/C27H32ClN3O3S/c1-4-13-34-26-22(17-29)15-23(16-24(26)28)31-10-7-21-14-20(5-6-25(21)31)18-30-11-8-27(2,9-12-30)19-35(3,32)33/h5-7,10,14-16H,4,8-9,11-13,18-19H2,1-3H3. The van der Waals surface area contributed by atoms with E-state index in [1.807, 2.05) is 29.8 Å². The number of hydrogen-bond donors (Lipinski definition) is 0. The molecule has 1 saturated heterocycles. The van der Waals surface area contributed by atoms with E-state index < -0.39 is 9.84 Å². The summed E-state index contributed by atoms with van der Waals surface area (Å²) in [6, 6.07) is 14.4. The first-order chi connectivity index (χ1) is 16.6. The summed E-state index contributed by atoms with van der Waals surface area (Å²) in [5.41, 5.74) is 3.37. The van der Waals surface area contributed by atoms with Crippen molar-refractivity contribution in [2.75, 3.05) is 31.7 Å². The van der Waals surface area contributed by atoms with Crippen LogP contribution in [-0.4, -0.2) is 49.6 Å². The van der Waals surface area contributed by atoms with Crippen molar-refractivity contribution >= 4 is 32.3 Å². The van der Waals surface area contributed by atoms with E-state index in [-0.39, 0.29) is 11.2 Å². The van der Waals surface area contributed by atoms with E-state index in [1.54, 1.807) is 0 Å². The molecule has 0 spiro atoms. The number of piperidine rings is 1. The van der Waals surface area contributed by atoms with Crippen LogP contribution < -0.4 is 4.74 Å². The quantitative estimate of drug-likeness (QED) is 0.392. The summed E-state index contributed by atoms with van der Waals surface area (Å²) >= 11 is 6.48. The number of halogens is 1. The molecule has 6 nitrogen and oxygen atoms in total. The molecule has 0 N–H and O–H groups in total.